The number of hydrogen-bond acceptors (Lipinski definition) is 6. The maximum Gasteiger partial charge on any atom is 0.417 e. The molecule has 13 heteroatoms. The Kier molecular flexibility index (Phi) is 6.04. The fraction of sp³-hybridized carbons (Fsp3) is 0.421. The quantitative estimate of drug-likeness (QED) is 0.557. The van der Waals surface area contributed by atoms with E-state index >= 15 is 0 Å². The number of fused-ring (bicyclic) bond motifs is 1. The summed E-state index contributed by atoms with van der Waals surface area (Å²) in [6.45, 7) is 1.50. The van der Waals surface area contributed by atoms with Gasteiger partial charge in [-0.3, -0.25) is 9.36 Å². The monoisotopic (exact) mass is 469 g/mol. The molecular formula is C19H19ClF3N7O2. The second kappa shape index (κ2) is 8.77. The molecular weight excluding hydrogens is 451 g/mol. The van der Waals surface area contributed by atoms with E-state index in [-0.39, 0.29) is 22.2 Å². The summed E-state index contributed by atoms with van der Waals surface area (Å²) in [5.41, 5.74) is -1.50. The van der Waals surface area contributed by atoms with Gasteiger partial charge in [-0.25, -0.2) is 14.5 Å². The lowest BCUT2D eigenvalue weighted by Gasteiger charge is -2.11. The zero-order valence-corrected chi connectivity index (χ0v) is 17.5. The first-order valence-corrected chi connectivity index (χ1v) is 10.4. The van der Waals surface area contributed by atoms with E-state index in [1.54, 1.807) is 4.57 Å². The van der Waals surface area contributed by atoms with E-state index in [2.05, 4.69) is 20.5 Å². The normalized spacial score (nSPS) is 13.8. The molecule has 1 aliphatic rings. The number of pyridine rings is 1. The molecule has 0 amide bonds. The molecule has 3 aromatic rings. The van der Waals surface area contributed by atoms with Crippen LogP contribution in [0.3, 0.4) is 0 Å². The molecule has 9 nitrogen and oxygen atoms in total. The lowest BCUT2D eigenvalue weighted by molar-refractivity contribution is -0.137. The van der Waals surface area contributed by atoms with Crippen LogP contribution in [0, 0.1) is 0 Å². The van der Waals surface area contributed by atoms with Crippen molar-refractivity contribution < 1.29 is 13.2 Å². The first-order chi connectivity index (χ1) is 15.3. The van der Waals surface area contributed by atoms with Gasteiger partial charge in [-0.15, -0.1) is 0 Å². The summed E-state index contributed by atoms with van der Waals surface area (Å²) in [5, 5.41) is 11.1. The molecule has 0 radical (unpaired) electrons. The van der Waals surface area contributed by atoms with E-state index in [0.29, 0.717) is 32.3 Å². The number of rotatable bonds is 6. The molecule has 0 aromatic carbocycles. The second-order valence-corrected chi connectivity index (χ2v) is 7.68. The molecule has 0 unspecified atom stereocenters. The Labute approximate surface area is 184 Å². The van der Waals surface area contributed by atoms with Crippen molar-refractivity contribution in [3.63, 3.8) is 0 Å². The van der Waals surface area contributed by atoms with E-state index in [1.807, 2.05) is 0 Å². The summed E-state index contributed by atoms with van der Waals surface area (Å²) < 4.78 is 42.0. The molecule has 1 N–H and O–H groups in total. The lowest BCUT2D eigenvalue weighted by atomic mass is 10.2. The van der Waals surface area contributed by atoms with Crippen molar-refractivity contribution in [1.82, 2.24) is 29.1 Å². The molecule has 0 atom stereocenters. The zero-order valence-electron chi connectivity index (χ0n) is 16.8. The van der Waals surface area contributed by atoms with Crippen LogP contribution in [0.4, 0.5) is 18.9 Å². The van der Waals surface area contributed by atoms with Crippen LogP contribution < -0.4 is 16.6 Å². The highest BCUT2D eigenvalue weighted by atomic mass is 35.5. The smallest absolute Gasteiger partial charge is 0.382 e. The van der Waals surface area contributed by atoms with Crippen LogP contribution in [-0.2, 0) is 25.7 Å². The van der Waals surface area contributed by atoms with Crippen LogP contribution in [0.25, 0.3) is 5.82 Å². The zero-order chi connectivity index (χ0) is 22.9. The summed E-state index contributed by atoms with van der Waals surface area (Å²) in [7, 11) is 0. The molecule has 4 rings (SSSR count). The van der Waals surface area contributed by atoms with Crippen molar-refractivity contribution in [1.29, 1.82) is 0 Å². The Hall–Kier alpha value is -3.15. The first kappa shape index (κ1) is 22.1. The fourth-order valence-corrected chi connectivity index (χ4v) is 3.64. The molecule has 0 saturated carbocycles. The van der Waals surface area contributed by atoms with Gasteiger partial charge in [0.2, 0.25) is 0 Å². The van der Waals surface area contributed by atoms with Crippen molar-refractivity contribution in [3.8, 4) is 5.82 Å². The Balaban J connectivity index is 1.40. The maximum absolute atomic E-state index is 12.7. The topological polar surface area (TPSA) is 99.6 Å². The maximum atomic E-state index is 12.7. The first-order valence-electron chi connectivity index (χ1n) is 9.97. The minimum Gasteiger partial charge on any atom is -0.382 e. The predicted molar refractivity (Wildman–Crippen MR) is 110 cm³/mol. The Morgan fingerprint density at radius 1 is 1.16 bits per heavy atom. The molecule has 1 aliphatic heterocycles. The third-order valence-corrected chi connectivity index (χ3v) is 5.47. The van der Waals surface area contributed by atoms with Crippen LogP contribution in [-0.4, -0.2) is 35.7 Å². The van der Waals surface area contributed by atoms with Crippen molar-refractivity contribution in [2.75, 3.05) is 11.9 Å². The van der Waals surface area contributed by atoms with Crippen molar-refractivity contribution >= 4 is 17.3 Å². The van der Waals surface area contributed by atoms with Crippen LogP contribution in [0.15, 0.2) is 34.1 Å². The van der Waals surface area contributed by atoms with Gasteiger partial charge in [0.1, 0.15) is 10.8 Å². The Bertz CT molecular complexity index is 1230. The van der Waals surface area contributed by atoms with Crippen LogP contribution >= 0.6 is 11.6 Å². The van der Waals surface area contributed by atoms with Gasteiger partial charge in [-0.05, 0) is 31.4 Å². The summed E-state index contributed by atoms with van der Waals surface area (Å²) in [6.07, 6.45) is 0.735. The SMILES string of the molecule is O=c1c(Cl)c(NCCCn2nc3n(c2=O)CCCC3)cnn1-c1ccc(C(F)(F)F)cn1. The van der Waals surface area contributed by atoms with Gasteiger partial charge < -0.3 is 5.32 Å². The molecule has 170 valence electrons. The van der Waals surface area contributed by atoms with Gasteiger partial charge in [-0.2, -0.15) is 28.1 Å². The molecule has 0 bridgehead atoms. The van der Waals surface area contributed by atoms with E-state index < -0.39 is 17.3 Å². The fourth-order valence-electron chi connectivity index (χ4n) is 3.44. The molecule has 3 aromatic heterocycles. The highest BCUT2D eigenvalue weighted by Crippen LogP contribution is 2.28. The molecule has 0 aliphatic carbocycles. The van der Waals surface area contributed by atoms with Crippen LogP contribution in [0.1, 0.15) is 30.7 Å². The van der Waals surface area contributed by atoms with Gasteiger partial charge in [0.15, 0.2) is 5.82 Å². The highest BCUT2D eigenvalue weighted by Gasteiger charge is 2.30. The minimum absolute atomic E-state index is 0.0837. The Morgan fingerprint density at radius 3 is 2.66 bits per heavy atom. The van der Waals surface area contributed by atoms with Crippen molar-refractivity contribution in [2.24, 2.45) is 0 Å². The summed E-state index contributed by atoms with van der Waals surface area (Å²) >= 11 is 6.13. The highest BCUT2D eigenvalue weighted by molar-refractivity contribution is 6.32. The largest absolute Gasteiger partial charge is 0.417 e. The average Bonchev–Trinajstić information content (AvgIpc) is 3.09. The van der Waals surface area contributed by atoms with Crippen molar-refractivity contribution in [2.45, 2.75) is 44.9 Å². The number of aromatic nitrogens is 6. The van der Waals surface area contributed by atoms with Gasteiger partial charge in [0, 0.05) is 32.3 Å². The number of alkyl halides is 3. The molecule has 0 saturated heterocycles. The number of aryl methyl sites for hydroxylation is 2. The van der Waals surface area contributed by atoms with Gasteiger partial charge >= 0.3 is 11.9 Å². The summed E-state index contributed by atoms with van der Waals surface area (Å²) in [4.78, 5) is 28.5. The predicted octanol–water partition coefficient (Wildman–Crippen LogP) is 2.50. The summed E-state index contributed by atoms with van der Waals surface area (Å²) in [6, 6.07) is 1.86. The van der Waals surface area contributed by atoms with Crippen LogP contribution in [0.2, 0.25) is 5.02 Å². The number of nitrogens with zero attached hydrogens (tertiary/aromatic N) is 6. The third-order valence-electron chi connectivity index (χ3n) is 5.10. The van der Waals surface area contributed by atoms with E-state index in [9.17, 15) is 22.8 Å². The van der Waals surface area contributed by atoms with E-state index in [0.717, 1.165) is 41.9 Å². The number of nitrogens with one attached hydrogen (secondary N) is 1. The molecule has 0 spiro atoms. The van der Waals surface area contributed by atoms with Gasteiger partial charge in [-0.1, -0.05) is 11.6 Å². The average molecular weight is 470 g/mol. The van der Waals surface area contributed by atoms with E-state index in [4.69, 9.17) is 11.6 Å². The van der Waals surface area contributed by atoms with Crippen molar-refractivity contribution in [3.05, 3.63) is 61.8 Å². The lowest BCUT2D eigenvalue weighted by Crippen LogP contribution is -2.27. The third kappa shape index (κ3) is 4.40. The number of anilines is 1. The van der Waals surface area contributed by atoms with Gasteiger partial charge in [0.25, 0.3) is 5.56 Å². The minimum atomic E-state index is -4.53. The molecule has 0 fully saturated rings. The number of halogens is 4. The van der Waals surface area contributed by atoms with Crippen LogP contribution in [0.5, 0.6) is 0 Å². The van der Waals surface area contributed by atoms with E-state index in [1.165, 1.54) is 10.9 Å². The standard InChI is InChI=1S/C19H19ClF3N7O2/c20-16-13(24-7-3-9-29-18(32)28-8-2-1-4-15(28)27-29)11-26-30(17(16)31)14-6-5-12(10-25-14)19(21,22)23/h5-6,10-11,24H,1-4,7-9H2. The molecule has 32 heavy (non-hydrogen) atoms. The van der Waals surface area contributed by atoms with Gasteiger partial charge in [0.05, 0.1) is 17.4 Å². The second-order valence-electron chi connectivity index (χ2n) is 7.30. The Morgan fingerprint density at radius 2 is 1.97 bits per heavy atom. The molecule has 4 heterocycles. The number of hydrogen-bond donors (Lipinski definition) is 1. The summed E-state index contributed by atoms with van der Waals surface area (Å²) in [5.74, 6) is 0.724.